The molecule has 19 heavy (non-hydrogen) atoms. The Balaban J connectivity index is 2.21. The fourth-order valence-electron chi connectivity index (χ4n) is 2.34. The van der Waals surface area contributed by atoms with Gasteiger partial charge >= 0.3 is 0 Å². The Morgan fingerprint density at radius 2 is 1.84 bits per heavy atom. The maximum absolute atomic E-state index is 12.1. The van der Waals surface area contributed by atoms with E-state index >= 15 is 0 Å². The minimum absolute atomic E-state index is 0.450. The van der Waals surface area contributed by atoms with Gasteiger partial charge in [-0.2, -0.15) is 0 Å². The van der Waals surface area contributed by atoms with E-state index in [0.717, 1.165) is 5.56 Å². The SMILES string of the molecule is Cc1ccc(C2(O)C(=O)Nc3ccc(Cl)cc32)cc1. The number of carbonyl (C=O) groups excluding carboxylic acids is 1. The summed E-state index contributed by atoms with van der Waals surface area (Å²) in [5.74, 6) is -0.450. The molecule has 0 aromatic heterocycles. The van der Waals surface area contributed by atoms with Gasteiger partial charge < -0.3 is 10.4 Å². The van der Waals surface area contributed by atoms with Gasteiger partial charge in [-0.1, -0.05) is 41.4 Å². The molecule has 1 unspecified atom stereocenters. The molecule has 1 aliphatic heterocycles. The molecule has 1 heterocycles. The minimum atomic E-state index is -1.67. The molecule has 3 nitrogen and oxygen atoms in total. The molecule has 0 fully saturated rings. The summed E-state index contributed by atoms with van der Waals surface area (Å²) in [7, 11) is 0. The fraction of sp³-hybridized carbons (Fsp3) is 0.133. The van der Waals surface area contributed by atoms with E-state index in [1.807, 2.05) is 19.1 Å². The van der Waals surface area contributed by atoms with Crippen LogP contribution in [0.15, 0.2) is 42.5 Å². The first-order valence-corrected chi connectivity index (χ1v) is 6.30. The van der Waals surface area contributed by atoms with Gasteiger partial charge in [0.05, 0.1) is 0 Å². The lowest BCUT2D eigenvalue weighted by Gasteiger charge is -2.21. The van der Waals surface area contributed by atoms with Crippen molar-refractivity contribution >= 4 is 23.2 Å². The van der Waals surface area contributed by atoms with Gasteiger partial charge in [-0.3, -0.25) is 4.79 Å². The van der Waals surface area contributed by atoms with Crippen molar-refractivity contribution in [2.45, 2.75) is 12.5 Å². The van der Waals surface area contributed by atoms with Crippen molar-refractivity contribution in [2.75, 3.05) is 5.32 Å². The summed E-state index contributed by atoms with van der Waals surface area (Å²) >= 11 is 5.96. The Kier molecular flexibility index (Phi) is 2.62. The number of nitrogens with one attached hydrogen (secondary N) is 1. The van der Waals surface area contributed by atoms with E-state index in [-0.39, 0.29) is 0 Å². The molecule has 3 rings (SSSR count). The van der Waals surface area contributed by atoms with E-state index in [1.165, 1.54) is 0 Å². The van der Waals surface area contributed by atoms with Crippen LogP contribution in [0.4, 0.5) is 5.69 Å². The van der Waals surface area contributed by atoms with Crippen LogP contribution in [0.1, 0.15) is 16.7 Å². The normalized spacial score (nSPS) is 21.1. The monoisotopic (exact) mass is 273 g/mol. The van der Waals surface area contributed by atoms with Gasteiger partial charge in [0.15, 0.2) is 5.60 Å². The topological polar surface area (TPSA) is 49.3 Å². The second kappa shape index (κ2) is 4.08. The molecule has 2 aromatic carbocycles. The fourth-order valence-corrected chi connectivity index (χ4v) is 2.51. The number of aliphatic hydroxyl groups is 1. The van der Waals surface area contributed by atoms with Crippen molar-refractivity contribution in [3.63, 3.8) is 0 Å². The Morgan fingerprint density at radius 3 is 2.53 bits per heavy atom. The lowest BCUT2D eigenvalue weighted by Crippen LogP contribution is -2.35. The third kappa shape index (κ3) is 1.74. The van der Waals surface area contributed by atoms with Crippen molar-refractivity contribution < 1.29 is 9.90 Å². The highest BCUT2D eigenvalue weighted by Crippen LogP contribution is 2.41. The Morgan fingerprint density at radius 1 is 1.16 bits per heavy atom. The third-order valence-corrected chi connectivity index (χ3v) is 3.65. The summed E-state index contributed by atoms with van der Waals surface area (Å²) in [6.07, 6.45) is 0. The van der Waals surface area contributed by atoms with Gasteiger partial charge in [0.1, 0.15) is 0 Å². The lowest BCUT2D eigenvalue weighted by atomic mass is 9.87. The zero-order chi connectivity index (χ0) is 13.6. The second-order valence-electron chi connectivity index (χ2n) is 4.72. The number of hydrogen-bond donors (Lipinski definition) is 2. The van der Waals surface area contributed by atoms with Crippen LogP contribution in [-0.2, 0) is 10.4 Å². The Labute approximate surface area is 115 Å². The first-order valence-electron chi connectivity index (χ1n) is 5.93. The van der Waals surface area contributed by atoms with Gasteiger partial charge in [0.25, 0.3) is 5.91 Å². The lowest BCUT2D eigenvalue weighted by molar-refractivity contribution is -0.129. The van der Waals surface area contributed by atoms with E-state index in [4.69, 9.17) is 11.6 Å². The molecule has 1 amide bonds. The van der Waals surface area contributed by atoms with Gasteiger partial charge in [-0.05, 0) is 30.7 Å². The summed E-state index contributed by atoms with van der Waals surface area (Å²) in [6.45, 7) is 1.95. The summed E-state index contributed by atoms with van der Waals surface area (Å²) in [6, 6.07) is 12.2. The molecule has 0 saturated heterocycles. The molecule has 0 saturated carbocycles. The first kappa shape index (κ1) is 12.2. The number of carbonyl (C=O) groups is 1. The smallest absolute Gasteiger partial charge is 0.265 e. The molecule has 0 aliphatic carbocycles. The van der Waals surface area contributed by atoms with Gasteiger partial charge in [0, 0.05) is 16.3 Å². The van der Waals surface area contributed by atoms with Crippen molar-refractivity contribution in [1.29, 1.82) is 0 Å². The highest BCUT2D eigenvalue weighted by Gasteiger charge is 2.46. The van der Waals surface area contributed by atoms with Gasteiger partial charge in [-0.15, -0.1) is 0 Å². The molecular formula is C15H12ClNO2. The summed E-state index contributed by atoms with van der Waals surface area (Å²) < 4.78 is 0. The number of benzene rings is 2. The number of hydrogen-bond acceptors (Lipinski definition) is 2. The average Bonchev–Trinajstić information content (AvgIpc) is 2.64. The quantitative estimate of drug-likeness (QED) is 0.839. The van der Waals surface area contributed by atoms with Gasteiger partial charge in [0.2, 0.25) is 0 Å². The molecule has 0 bridgehead atoms. The summed E-state index contributed by atoms with van der Waals surface area (Å²) in [5.41, 5.74) is 1.02. The Hall–Kier alpha value is -1.84. The molecule has 2 aromatic rings. The highest BCUT2D eigenvalue weighted by molar-refractivity contribution is 6.31. The maximum atomic E-state index is 12.1. The second-order valence-corrected chi connectivity index (χ2v) is 5.16. The third-order valence-electron chi connectivity index (χ3n) is 3.42. The number of amides is 1. The molecule has 0 radical (unpaired) electrons. The van der Waals surface area contributed by atoms with Crippen LogP contribution in [-0.4, -0.2) is 11.0 Å². The average molecular weight is 274 g/mol. The molecule has 0 spiro atoms. The summed E-state index contributed by atoms with van der Waals surface area (Å²) in [4.78, 5) is 12.1. The molecular weight excluding hydrogens is 262 g/mol. The number of anilines is 1. The van der Waals surface area contributed by atoms with Crippen LogP contribution < -0.4 is 5.32 Å². The molecule has 1 atom stereocenters. The number of rotatable bonds is 1. The molecule has 4 heteroatoms. The van der Waals surface area contributed by atoms with Crippen LogP contribution in [0.25, 0.3) is 0 Å². The van der Waals surface area contributed by atoms with Crippen LogP contribution >= 0.6 is 11.6 Å². The number of aryl methyl sites for hydroxylation is 1. The molecule has 1 aliphatic rings. The van der Waals surface area contributed by atoms with Crippen LogP contribution in [0.2, 0.25) is 5.02 Å². The van der Waals surface area contributed by atoms with Crippen LogP contribution in [0, 0.1) is 6.92 Å². The van der Waals surface area contributed by atoms with E-state index in [9.17, 15) is 9.90 Å². The minimum Gasteiger partial charge on any atom is -0.372 e. The van der Waals surface area contributed by atoms with E-state index in [0.29, 0.717) is 21.8 Å². The predicted octanol–water partition coefficient (Wildman–Crippen LogP) is 2.84. The predicted molar refractivity (Wildman–Crippen MR) is 74.3 cm³/mol. The standard InChI is InChI=1S/C15H12ClNO2/c1-9-2-4-10(5-3-9)15(19)12-8-11(16)6-7-13(12)17-14(15)18/h2-8,19H,1H3,(H,17,18). The van der Waals surface area contributed by atoms with Crippen molar-refractivity contribution in [1.82, 2.24) is 0 Å². The summed E-state index contributed by atoms with van der Waals surface area (Å²) in [5, 5.41) is 14.0. The van der Waals surface area contributed by atoms with Crippen molar-refractivity contribution in [3.05, 3.63) is 64.2 Å². The number of halogens is 1. The maximum Gasteiger partial charge on any atom is 0.265 e. The molecule has 96 valence electrons. The highest BCUT2D eigenvalue weighted by atomic mass is 35.5. The zero-order valence-corrected chi connectivity index (χ0v) is 11.0. The van der Waals surface area contributed by atoms with Crippen LogP contribution in [0.5, 0.6) is 0 Å². The van der Waals surface area contributed by atoms with Gasteiger partial charge in [-0.25, -0.2) is 0 Å². The van der Waals surface area contributed by atoms with Crippen molar-refractivity contribution in [3.8, 4) is 0 Å². The van der Waals surface area contributed by atoms with E-state index in [1.54, 1.807) is 30.3 Å². The Bertz CT molecular complexity index is 666. The van der Waals surface area contributed by atoms with Crippen LogP contribution in [0.3, 0.4) is 0 Å². The first-order chi connectivity index (χ1) is 9.01. The van der Waals surface area contributed by atoms with E-state index in [2.05, 4.69) is 5.32 Å². The molecule has 2 N–H and O–H groups in total. The van der Waals surface area contributed by atoms with Crippen molar-refractivity contribution in [2.24, 2.45) is 0 Å². The zero-order valence-electron chi connectivity index (χ0n) is 10.3. The number of fused-ring (bicyclic) bond motifs is 1. The van der Waals surface area contributed by atoms with E-state index < -0.39 is 11.5 Å². The largest absolute Gasteiger partial charge is 0.372 e.